The lowest BCUT2D eigenvalue weighted by atomic mass is 9.80. The topological polar surface area (TPSA) is 18.5 Å². The molecule has 2 saturated carbocycles. The molecule has 0 aliphatic heterocycles. The smallest absolute Gasteiger partial charge is 0.0598 e. The van der Waals surface area contributed by atoms with Gasteiger partial charge in [0, 0.05) is 13.6 Å². The van der Waals surface area contributed by atoms with E-state index in [4.69, 9.17) is 13.6 Å². The molecule has 0 aromatic heterocycles. The Morgan fingerprint density at radius 3 is 2.35 bits per heavy atom. The van der Waals surface area contributed by atoms with Crippen molar-refractivity contribution in [1.29, 1.82) is 0 Å². The van der Waals surface area contributed by atoms with Crippen molar-refractivity contribution in [2.75, 3.05) is 20.3 Å². The van der Waals surface area contributed by atoms with Crippen LogP contribution in [0.4, 0.5) is 0 Å². The summed E-state index contributed by atoms with van der Waals surface area (Å²) in [6.07, 6.45) is 6.83. The summed E-state index contributed by atoms with van der Waals surface area (Å²) < 4.78 is 32.5. The van der Waals surface area contributed by atoms with Gasteiger partial charge in [0.1, 0.15) is 0 Å². The van der Waals surface area contributed by atoms with Crippen molar-refractivity contribution in [2.24, 2.45) is 10.8 Å². The minimum atomic E-state index is -2.25. The SMILES string of the molecule is [2H]C([2H])([2H])OCC12CCC(CCOC(C)(C)C)(CC1)C2. The minimum Gasteiger partial charge on any atom is -0.384 e. The molecule has 0 heterocycles. The van der Waals surface area contributed by atoms with Crippen LogP contribution in [0.25, 0.3) is 0 Å². The van der Waals surface area contributed by atoms with Crippen molar-refractivity contribution in [3.05, 3.63) is 0 Å². The zero-order chi connectivity index (χ0) is 15.1. The maximum atomic E-state index is 7.19. The van der Waals surface area contributed by atoms with E-state index in [1.165, 1.54) is 12.8 Å². The number of fused-ring (bicyclic) bond motifs is 2. The molecule has 0 spiro atoms. The van der Waals surface area contributed by atoms with Gasteiger partial charge in [0.25, 0.3) is 0 Å². The molecule has 2 bridgehead atoms. The van der Waals surface area contributed by atoms with E-state index in [2.05, 4.69) is 20.8 Å². The first-order valence-corrected chi connectivity index (χ1v) is 6.81. The molecule has 100 valence electrons. The molecule has 0 unspecified atom stereocenters. The third-order valence-corrected chi connectivity index (χ3v) is 4.67. The van der Waals surface area contributed by atoms with Gasteiger partial charge in [-0.05, 0) is 70.1 Å². The molecule has 2 nitrogen and oxygen atoms in total. The zero-order valence-corrected chi connectivity index (χ0v) is 11.5. The van der Waals surface area contributed by atoms with Crippen molar-refractivity contribution in [2.45, 2.75) is 64.9 Å². The molecule has 0 aromatic rings. The van der Waals surface area contributed by atoms with Gasteiger partial charge in [-0.2, -0.15) is 0 Å². The van der Waals surface area contributed by atoms with Crippen molar-refractivity contribution >= 4 is 0 Å². The van der Waals surface area contributed by atoms with E-state index in [-0.39, 0.29) is 11.0 Å². The Hall–Kier alpha value is -0.0800. The molecule has 0 aromatic carbocycles. The molecular weight excluding hydrogens is 212 g/mol. The standard InChI is InChI=1S/C15H28O2/c1-13(2,3)17-10-9-14-5-7-15(11-14,8-6-14)12-16-4/h5-12H2,1-4H3/i4D3. The van der Waals surface area contributed by atoms with Crippen LogP contribution in [0.5, 0.6) is 0 Å². The number of ether oxygens (including phenoxy) is 2. The Bertz CT molecular complexity index is 336. The summed E-state index contributed by atoms with van der Waals surface area (Å²) in [4.78, 5) is 0. The highest BCUT2D eigenvalue weighted by Crippen LogP contribution is 2.63. The first kappa shape index (κ1) is 9.80. The van der Waals surface area contributed by atoms with Gasteiger partial charge in [-0.3, -0.25) is 0 Å². The average molecular weight is 243 g/mol. The fraction of sp³-hybridized carbons (Fsp3) is 1.00. The van der Waals surface area contributed by atoms with Gasteiger partial charge < -0.3 is 9.47 Å². The van der Waals surface area contributed by atoms with Gasteiger partial charge in [0.15, 0.2) is 0 Å². The summed E-state index contributed by atoms with van der Waals surface area (Å²) in [5.41, 5.74) is 0.425. The Balaban J connectivity index is 1.83. The Kier molecular flexibility index (Phi) is 2.62. The lowest BCUT2D eigenvalue weighted by Gasteiger charge is -2.29. The molecule has 0 N–H and O–H groups in total. The lowest BCUT2D eigenvalue weighted by Crippen LogP contribution is -2.24. The van der Waals surface area contributed by atoms with Crippen molar-refractivity contribution in [3.63, 3.8) is 0 Å². The second-order valence-electron chi connectivity index (χ2n) is 7.18. The van der Waals surface area contributed by atoms with E-state index >= 15 is 0 Å². The van der Waals surface area contributed by atoms with Crippen molar-refractivity contribution < 1.29 is 13.6 Å². The molecule has 2 rings (SSSR count). The third-order valence-electron chi connectivity index (χ3n) is 4.67. The second-order valence-corrected chi connectivity index (χ2v) is 7.18. The largest absolute Gasteiger partial charge is 0.384 e. The molecule has 2 aliphatic rings. The summed E-state index contributed by atoms with van der Waals surface area (Å²) in [6, 6.07) is 0. The van der Waals surface area contributed by atoms with Gasteiger partial charge in [-0.1, -0.05) is 0 Å². The Morgan fingerprint density at radius 1 is 1.12 bits per heavy atom. The van der Waals surface area contributed by atoms with Crippen LogP contribution >= 0.6 is 0 Å². The zero-order valence-electron chi connectivity index (χ0n) is 14.5. The summed E-state index contributed by atoms with van der Waals surface area (Å²) in [5, 5.41) is 0. The third kappa shape index (κ3) is 3.03. The summed E-state index contributed by atoms with van der Waals surface area (Å²) in [7, 11) is -2.25. The van der Waals surface area contributed by atoms with Crippen LogP contribution < -0.4 is 0 Å². The quantitative estimate of drug-likeness (QED) is 0.731. The van der Waals surface area contributed by atoms with E-state index in [0.717, 1.165) is 32.3 Å². The van der Waals surface area contributed by atoms with Gasteiger partial charge >= 0.3 is 0 Å². The van der Waals surface area contributed by atoms with Crippen LogP contribution in [0.2, 0.25) is 0 Å². The highest BCUT2D eigenvalue weighted by Gasteiger charge is 2.53. The number of methoxy groups -OCH3 is 1. The lowest BCUT2D eigenvalue weighted by molar-refractivity contribution is -0.0180. The predicted molar refractivity (Wildman–Crippen MR) is 70.1 cm³/mol. The van der Waals surface area contributed by atoms with Crippen LogP contribution in [-0.4, -0.2) is 25.9 Å². The van der Waals surface area contributed by atoms with E-state index in [0.29, 0.717) is 12.0 Å². The summed E-state index contributed by atoms with van der Waals surface area (Å²) >= 11 is 0. The molecule has 2 aliphatic carbocycles. The first-order valence-electron chi connectivity index (χ1n) is 8.31. The molecule has 0 atom stereocenters. The van der Waals surface area contributed by atoms with Gasteiger partial charge in [0.05, 0.1) is 16.3 Å². The Labute approximate surface area is 110 Å². The second kappa shape index (κ2) is 4.55. The molecular formula is C15H28O2. The van der Waals surface area contributed by atoms with E-state index in [9.17, 15) is 0 Å². The highest BCUT2D eigenvalue weighted by atomic mass is 16.5. The van der Waals surface area contributed by atoms with Crippen LogP contribution in [0.1, 0.15) is 63.4 Å². The fourth-order valence-corrected chi connectivity index (χ4v) is 3.72. The normalized spacial score (nSPS) is 40.1. The summed E-state index contributed by atoms with van der Waals surface area (Å²) in [6.45, 7) is 7.46. The Morgan fingerprint density at radius 2 is 1.76 bits per heavy atom. The maximum absolute atomic E-state index is 7.19. The van der Waals surface area contributed by atoms with Gasteiger partial charge in [0.2, 0.25) is 0 Å². The minimum absolute atomic E-state index is 0.0741. The van der Waals surface area contributed by atoms with Crippen LogP contribution in [-0.2, 0) is 9.47 Å². The van der Waals surface area contributed by atoms with Crippen molar-refractivity contribution in [3.8, 4) is 0 Å². The van der Waals surface area contributed by atoms with Crippen LogP contribution in [0.15, 0.2) is 0 Å². The average Bonchev–Trinajstić information content (AvgIpc) is 2.80. The van der Waals surface area contributed by atoms with Crippen molar-refractivity contribution in [1.82, 2.24) is 0 Å². The van der Waals surface area contributed by atoms with E-state index in [1.54, 1.807) is 0 Å². The number of hydrogen-bond acceptors (Lipinski definition) is 2. The summed E-state index contributed by atoms with van der Waals surface area (Å²) in [5.74, 6) is 0. The molecule has 2 fully saturated rings. The maximum Gasteiger partial charge on any atom is 0.0598 e. The molecule has 0 amide bonds. The van der Waals surface area contributed by atoms with Crippen LogP contribution in [0, 0.1) is 10.8 Å². The van der Waals surface area contributed by atoms with Crippen LogP contribution in [0.3, 0.4) is 0 Å². The molecule has 17 heavy (non-hydrogen) atoms. The highest BCUT2D eigenvalue weighted by molar-refractivity contribution is 5.04. The molecule has 0 saturated heterocycles. The van der Waals surface area contributed by atoms with Gasteiger partial charge in [-0.25, -0.2) is 0 Å². The molecule has 0 radical (unpaired) electrons. The molecule has 2 heteroatoms. The van der Waals surface area contributed by atoms with Gasteiger partial charge in [-0.15, -0.1) is 0 Å². The first-order chi connectivity index (χ1) is 9.04. The van der Waals surface area contributed by atoms with E-state index < -0.39 is 7.04 Å². The fourth-order valence-electron chi connectivity index (χ4n) is 3.72. The monoisotopic (exact) mass is 243 g/mol. The number of rotatable bonds is 5. The number of hydrogen-bond donors (Lipinski definition) is 0. The van der Waals surface area contributed by atoms with E-state index in [1.807, 2.05) is 0 Å². The predicted octanol–water partition coefficient (Wildman–Crippen LogP) is 3.79.